The summed E-state index contributed by atoms with van der Waals surface area (Å²) in [6.45, 7) is 1.99. The van der Waals surface area contributed by atoms with Crippen molar-refractivity contribution in [2.75, 3.05) is 0 Å². The van der Waals surface area contributed by atoms with Crippen molar-refractivity contribution in [3.05, 3.63) is 69.3 Å². The van der Waals surface area contributed by atoms with Gasteiger partial charge < -0.3 is 5.11 Å². The molecule has 1 aromatic heterocycles. The molecule has 3 aromatic rings. The highest BCUT2D eigenvalue weighted by atomic mass is 32.1. The van der Waals surface area contributed by atoms with Crippen molar-refractivity contribution in [3.63, 3.8) is 0 Å². The lowest BCUT2D eigenvalue weighted by molar-refractivity contribution is 0.438. The van der Waals surface area contributed by atoms with E-state index >= 15 is 0 Å². The molecule has 4 rings (SSSR count). The molecule has 0 spiro atoms. The van der Waals surface area contributed by atoms with E-state index in [1.165, 1.54) is 11.3 Å². The van der Waals surface area contributed by atoms with Gasteiger partial charge in [0.15, 0.2) is 4.80 Å². The monoisotopic (exact) mass is 333 g/mol. The quantitative estimate of drug-likeness (QED) is 0.722. The van der Waals surface area contributed by atoms with Gasteiger partial charge in [0.05, 0.1) is 16.3 Å². The molecule has 0 saturated carbocycles. The van der Waals surface area contributed by atoms with Gasteiger partial charge in [0.2, 0.25) is 5.88 Å². The van der Waals surface area contributed by atoms with E-state index in [9.17, 15) is 5.11 Å². The van der Waals surface area contributed by atoms with Crippen LogP contribution in [0, 0.1) is 12.3 Å². The van der Waals surface area contributed by atoms with Crippen molar-refractivity contribution in [3.8, 4) is 11.6 Å². The van der Waals surface area contributed by atoms with Crippen LogP contribution >= 0.6 is 11.3 Å². The number of aromatic nitrogens is 1. The molecule has 1 aliphatic rings. The van der Waals surface area contributed by atoms with Gasteiger partial charge in [-0.05, 0) is 36.8 Å². The Morgan fingerprint density at radius 1 is 1.17 bits per heavy atom. The number of fused-ring (bicyclic) bond motifs is 1. The zero-order valence-electron chi connectivity index (χ0n) is 13.0. The summed E-state index contributed by atoms with van der Waals surface area (Å²) >= 11 is 1.24. The Hall–Kier alpha value is -2.92. The summed E-state index contributed by atoms with van der Waals surface area (Å²) in [6.07, 6.45) is 3.68. The number of aryl methyl sites for hydroxylation is 1. The minimum Gasteiger partial charge on any atom is -0.493 e. The van der Waals surface area contributed by atoms with Crippen LogP contribution in [-0.4, -0.2) is 15.9 Å². The third kappa shape index (κ3) is 2.39. The normalized spacial score (nSPS) is 14.3. The summed E-state index contributed by atoms with van der Waals surface area (Å²) in [7, 11) is 0. The molecule has 118 valence electrons. The zero-order valence-corrected chi connectivity index (χ0v) is 13.8. The number of rotatable bonds is 2. The molecule has 5 heteroatoms. The molecular weight excluding hydrogens is 318 g/mol. The molecule has 2 aromatic carbocycles. The molecule has 0 unspecified atom stereocenters. The van der Waals surface area contributed by atoms with E-state index in [4.69, 9.17) is 5.41 Å². The second-order valence-corrected chi connectivity index (χ2v) is 6.68. The van der Waals surface area contributed by atoms with Gasteiger partial charge in [0.25, 0.3) is 0 Å². The van der Waals surface area contributed by atoms with Crippen LogP contribution in [0.4, 0.5) is 5.69 Å². The topological polar surface area (TPSA) is 61.4 Å². The fourth-order valence-corrected chi connectivity index (χ4v) is 3.66. The Kier molecular flexibility index (Phi) is 3.43. The predicted octanol–water partition coefficient (Wildman–Crippen LogP) is 4.29. The molecule has 0 amide bonds. The van der Waals surface area contributed by atoms with E-state index in [-0.39, 0.29) is 10.7 Å². The van der Waals surface area contributed by atoms with Crippen LogP contribution in [0.1, 0.15) is 16.0 Å². The van der Waals surface area contributed by atoms with Gasteiger partial charge in [-0.15, -0.1) is 0 Å². The molecule has 24 heavy (non-hydrogen) atoms. The Bertz CT molecular complexity index is 1060. The van der Waals surface area contributed by atoms with Gasteiger partial charge in [-0.2, -0.15) is 0 Å². The number of para-hydroxylation sites is 1. The Balaban J connectivity index is 1.83. The predicted molar refractivity (Wildman–Crippen MR) is 98.4 cm³/mol. The average Bonchev–Trinajstić information content (AvgIpc) is 3.09. The second-order valence-electron chi connectivity index (χ2n) is 5.64. The number of aromatic hydroxyl groups is 1. The SMILES string of the molecule is Cc1cccc(-n2c(O)c(/C=C3/C=Nc4ccccc43)sc2=N)c1. The zero-order chi connectivity index (χ0) is 16.7. The number of benzene rings is 2. The molecule has 2 N–H and O–H groups in total. The molecule has 0 radical (unpaired) electrons. The summed E-state index contributed by atoms with van der Waals surface area (Å²) < 4.78 is 1.56. The standard InChI is InChI=1S/C19H15N3OS/c1-12-5-4-6-14(9-12)22-18(23)17(24-19(22)20)10-13-11-21-16-8-3-2-7-15(13)16/h2-11,20,23H,1H3/b13-10-,20-19?. The molecule has 0 fully saturated rings. The lowest BCUT2D eigenvalue weighted by Gasteiger charge is -2.05. The number of nitrogens with zero attached hydrogens (tertiary/aromatic N) is 2. The van der Waals surface area contributed by atoms with E-state index in [1.807, 2.05) is 61.5 Å². The molecule has 0 bridgehead atoms. The number of allylic oxidation sites excluding steroid dienone is 1. The van der Waals surface area contributed by atoms with Crippen LogP contribution in [-0.2, 0) is 0 Å². The lowest BCUT2D eigenvalue weighted by atomic mass is 10.1. The van der Waals surface area contributed by atoms with Crippen LogP contribution in [0.25, 0.3) is 17.3 Å². The third-order valence-electron chi connectivity index (χ3n) is 3.95. The average molecular weight is 333 g/mol. The smallest absolute Gasteiger partial charge is 0.215 e. The molecular formula is C19H15N3OS. The number of hydrogen-bond donors (Lipinski definition) is 2. The van der Waals surface area contributed by atoms with Crippen LogP contribution in [0.2, 0.25) is 0 Å². The van der Waals surface area contributed by atoms with E-state index < -0.39 is 0 Å². The lowest BCUT2D eigenvalue weighted by Crippen LogP contribution is -2.10. The van der Waals surface area contributed by atoms with Gasteiger partial charge in [0.1, 0.15) is 0 Å². The summed E-state index contributed by atoms with van der Waals surface area (Å²) in [5.41, 5.74) is 4.79. The van der Waals surface area contributed by atoms with E-state index in [1.54, 1.807) is 10.8 Å². The number of aliphatic imine (C=N–C) groups is 1. The largest absolute Gasteiger partial charge is 0.493 e. The van der Waals surface area contributed by atoms with Crippen LogP contribution in [0.15, 0.2) is 53.5 Å². The van der Waals surface area contributed by atoms with Crippen molar-refractivity contribution >= 4 is 34.9 Å². The Morgan fingerprint density at radius 2 is 2.00 bits per heavy atom. The minimum atomic E-state index is 0.0841. The molecule has 2 heterocycles. The van der Waals surface area contributed by atoms with E-state index in [0.29, 0.717) is 4.88 Å². The Morgan fingerprint density at radius 3 is 2.83 bits per heavy atom. The maximum Gasteiger partial charge on any atom is 0.215 e. The van der Waals surface area contributed by atoms with Gasteiger partial charge in [-0.3, -0.25) is 15.0 Å². The molecule has 4 nitrogen and oxygen atoms in total. The maximum atomic E-state index is 10.6. The highest BCUT2D eigenvalue weighted by molar-refractivity contribution is 7.10. The molecule has 1 aliphatic heterocycles. The van der Waals surface area contributed by atoms with Gasteiger partial charge in [-0.25, -0.2) is 0 Å². The molecule has 0 atom stereocenters. The summed E-state index contributed by atoms with van der Waals surface area (Å²) in [5.74, 6) is 0.0841. The highest BCUT2D eigenvalue weighted by Crippen LogP contribution is 2.34. The molecule has 0 aliphatic carbocycles. The number of thiazole rings is 1. The van der Waals surface area contributed by atoms with Crippen molar-refractivity contribution in [2.45, 2.75) is 6.92 Å². The maximum absolute atomic E-state index is 10.6. The van der Waals surface area contributed by atoms with Crippen molar-refractivity contribution in [2.24, 2.45) is 4.99 Å². The fraction of sp³-hybridized carbons (Fsp3) is 0.0526. The third-order valence-corrected chi connectivity index (χ3v) is 4.84. The van der Waals surface area contributed by atoms with E-state index in [0.717, 1.165) is 28.1 Å². The first-order valence-corrected chi connectivity index (χ1v) is 8.37. The highest BCUT2D eigenvalue weighted by Gasteiger charge is 2.16. The van der Waals surface area contributed by atoms with E-state index in [2.05, 4.69) is 4.99 Å². The van der Waals surface area contributed by atoms with Crippen molar-refractivity contribution in [1.82, 2.24) is 4.57 Å². The van der Waals surface area contributed by atoms with Crippen LogP contribution in [0.3, 0.4) is 0 Å². The first-order chi connectivity index (χ1) is 11.6. The Labute approximate surface area is 143 Å². The van der Waals surface area contributed by atoms with Gasteiger partial charge >= 0.3 is 0 Å². The minimum absolute atomic E-state index is 0.0841. The first-order valence-electron chi connectivity index (χ1n) is 7.55. The van der Waals surface area contributed by atoms with Crippen LogP contribution in [0.5, 0.6) is 5.88 Å². The molecule has 0 saturated heterocycles. The number of nitrogens with one attached hydrogen (secondary N) is 1. The van der Waals surface area contributed by atoms with Crippen LogP contribution < -0.4 is 4.80 Å². The van der Waals surface area contributed by atoms with Crippen molar-refractivity contribution < 1.29 is 5.11 Å². The second kappa shape index (κ2) is 5.62. The van der Waals surface area contributed by atoms with Crippen molar-refractivity contribution in [1.29, 1.82) is 5.41 Å². The van der Waals surface area contributed by atoms with Gasteiger partial charge in [0, 0.05) is 17.4 Å². The first kappa shape index (κ1) is 14.7. The summed E-state index contributed by atoms with van der Waals surface area (Å²) in [5, 5.41) is 18.8. The number of hydrogen-bond acceptors (Lipinski definition) is 4. The summed E-state index contributed by atoms with van der Waals surface area (Å²) in [6, 6.07) is 15.7. The fourth-order valence-electron chi connectivity index (χ4n) is 2.80. The van der Waals surface area contributed by atoms with Gasteiger partial charge in [-0.1, -0.05) is 41.7 Å². The summed E-state index contributed by atoms with van der Waals surface area (Å²) in [4.78, 5) is 5.32.